The molecule has 0 radical (unpaired) electrons. The third-order valence-electron chi connectivity index (χ3n) is 2.97. The first-order valence-electron chi connectivity index (χ1n) is 6.78. The number of nitrogens with one attached hydrogen (secondary N) is 1. The highest BCUT2D eigenvalue weighted by Gasteiger charge is 2.30. The Morgan fingerprint density at radius 2 is 1.92 bits per heavy atom. The Balaban J connectivity index is 0.00000288. The van der Waals surface area contributed by atoms with Gasteiger partial charge in [0.05, 0.1) is 12.1 Å². The molecule has 0 fully saturated rings. The highest BCUT2D eigenvalue weighted by molar-refractivity contribution is 5.93. The van der Waals surface area contributed by atoms with Gasteiger partial charge >= 0.3 is 6.36 Å². The van der Waals surface area contributed by atoms with Gasteiger partial charge in [-0.05, 0) is 30.2 Å². The maximum Gasteiger partial charge on any atom is 0.573 e. The number of hydrogen-bond acceptors (Lipinski definition) is 4. The number of rotatable bonds is 6. The molecule has 0 atom stereocenters. The number of alkyl halides is 3. The molecule has 0 aliphatic carbocycles. The molecule has 9 heteroatoms. The van der Waals surface area contributed by atoms with Crippen LogP contribution in [0.5, 0.6) is 5.75 Å². The van der Waals surface area contributed by atoms with Crippen LogP contribution in [0.4, 0.5) is 13.2 Å². The van der Waals surface area contributed by atoms with Gasteiger partial charge in [0.15, 0.2) is 0 Å². The SMILES string of the molecule is Cl.NCc1cc(C(=O)NCCc2ccc(OC(F)(F)F)cc2)co1. The third-order valence-corrected chi connectivity index (χ3v) is 2.97. The van der Waals surface area contributed by atoms with E-state index in [1.54, 1.807) is 6.07 Å². The fourth-order valence-electron chi connectivity index (χ4n) is 1.89. The van der Waals surface area contributed by atoms with Crippen LogP contribution in [-0.2, 0) is 13.0 Å². The number of halogens is 4. The van der Waals surface area contributed by atoms with E-state index in [1.807, 2.05) is 0 Å². The van der Waals surface area contributed by atoms with Crippen molar-refractivity contribution in [1.82, 2.24) is 5.32 Å². The van der Waals surface area contributed by atoms with E-state index in [9.17, 15) is 18.0 Å². The first kappa shape index (κ1) is 19.9. The quantitative estimate of drug-likeness (QED) is 0.826. The lowest BCUT2D eigenvalue weighted by molar-refractivity contribution is -0.274. The van der Waals surface area contributed by atoms with Gasteiger partial charge in [0, 0.05) is 6.54 Å². The Kier molecular flexibility index (Phi) is 7.12. The molecule has 2 aromatic rings. The van der Waals surface area contributed by atoms with Crippen molar-refractivity contribution in [2.45, 2.75) is 19.3 Å². The van der Waals surface area contributed by atoms with Crippen LogP contribution in [0.2, 0.25) is 0 Å². The summed E-state index contributed by atoms with van der Waals surface area (Å²) >= 11 is 0. The Labute approximate surface area is 142 Å². The molecule has 0 unspecified atom stereocenters. The van der Waals surface area contributed by atoms with E-state index in [0.717, 1.165) is 5.56 Å². The standard InChI is InChI=1S/C15H15F3N2O3.ClH/c16-15(17,18)23-12-3-1-10(2-4-12)5-6-20-14(21)11-7-13(8-19)22-9-11;/h1-4,7,9H,5-6,8,19H2,(H,20,21);1H. The number of amides is 1. The van der Waals surface area contributed by atoms with Crippen molar-refractivity contribution in [2.24, 2.45) is 5.73 Å². The average molecular weight is 365 g/mol. The predicted octanol–water partition coefficient (Wildman–Crippen LogP) is 3.03. The largest absolute Gasteiger partial charge is 0.573 e. The molecule has 0 aliphatic heterocycles. The van der Waals surface area contributed by atoms with E-state index >= 15 is 0 Å². The number of carbonyl (C=O) groups excluding carboxylic acids is 1. The molecule has 3 N–H and O–H groups in total. The van der Waals surface area contributed by atoms with Crippen LogP contribution in [0.25, 0.3) is 0 Å². The third kappa shape index (κ3) is 6.13. The number of nitrogens with two attached hydrogens (primary N) is 1. The minimum absolute atomic E-state index is 0. The highest BCUT2D eigenvalue weighted by atomic mass is 35.5. The van der Waals surface area contributed by atoms with E-state index in [1.165, 1.54) is 30.5 Å². The summed E-state index contributed by atoms with van der Waals surface area (Å²) in [5.74, 6) is -0.0705. The Morgan fingerprint density at radius 1 is 1.25 bits per heavy atom. The van der Waals surface area contributed by atoms with Crippen molar-refractivity contribution in [3.63, 3.8) is 0 Å². The summed E-state index contributed by atoms with van der Waals surface area (Å²) in [7, 11) is 0. The van der Waals surface area contributed by atoms with E-state index in [4.69, 9.17) is 10.2 Å². The number of hydrogen-bond donors (Lipinski definition) is 2. The second kappa shape index (κ2) is 8.60. The molecule has 0 bridgehead atoms. The fraction of sp³-hybridized carbons (Fsp3) is 0.267. The van der Waals surface area contributed by atoms with Crippen LogP contribution in [0, 0.1) is 0 Å². The number of ether oxygens (including phenoxy) is 1. The lowest BCUT2D eigenvalue weighted by atomic mass is 10.1. The zero-order chi connectivity index (χ0) is 16.9. The first-order valence-corrected chi connectivity index (χ1v) is 6.78. The molecule has 24 heavy (non-hydrogen) atoms. The molecule has 5 nitrogen and oxygen atoms in total. The van der Waals surface area contributed by atoms with Crippen LogP contribution in [0.1, 0.15) is 21.7 Å². The van der Waals surface area contributed by atoms with Crippen molar-refractivity contribution < 1.29 is 27.1 Å². The van der Waals surface area contributed by atoms with Crippen molar-refractivity contribution in [1.29, 1.82) is 0 Å². The zero-order valence-corrected chi connectivity index (χ0v) is 13.2. The second-order valence-corrected chi connectivity index (χ2v) is 4.70. The van der Waals surface area contributed by atoms with Crippen LogP contribution in [0.15, 0.2) is 41.0 Å². The molecular weight excluding hydrogens is 349 g/mol. The normalized spacial score (nSPS) is 10.8. The van der Waals surface area contributed by atoms with E-state index in [2.05, 4.69) is 10.1 Å². The van der Waals surface area contributed by atoms with Crippen LogP contribution >= 0.6 is 12.4 Å². The number of furan rings is 1. The first-order chi connectivity index (χ1) is 10.9. The van der Waals surface area contributed by atoms with Gasteiger partial charge in [0.2, 0.25) is 0 Å². The molecule has 0 saturated heterocycles. The molecule has 2 rings (SSSR count). The number of benzene rings is 1. The molecule has 0 spiro atoms. The maximum atomic E-state index is 12.0. The molecule has 1 aromatic carbocycles. The Bertz CT molecular complexity index is 657. The lowest BCUT2D eigenvalue weighted by Crippen LogP contribution is -2.25. The Hall–Kier alpha value is -2.19. The fourth-order valence-corrected chi connectivity index (χ4v) is 1.89. The molecule has 1 heterocycles. The number of carbonyl (C=O) groups is 1. The monoisotopic (exact) mass is 364 g/mol. The topological polar surface area (TPSA) is 77.5 Å². The Morgan fingerprint density at radius 3 is 2.46 bits per heavy atom. The van der Waals surface area contributed by atoms with E-state index < -0.39 is 6.36 Å². The smallest absolute Gasteiger partial charge is 0.467 e. The summed E-state index contributed by atoms with van der Waals surface area (Å²) in [6.45, 7) is 0.543. The molecule has 0 aliphatic rings. The summed E-state index contributed by atoms with van der Waals surface area (Å²) in [5, 5.41) is 2.69. The summed E-state index contributed by atoms with van der Waals surface area (Å²) in [6.07, 6.45) is -2.91. The molecular formula is C15H16ClF3N2O3. The van der Waals surface area contributed by atoms with Gasteiger partial charge in [-0.2, -0.15) is 0 Å². The molecule has 1 aromatic heterocycles. The highest BCUT2D eigenvalue weighted by Crippen LogP contribution is 2.22. The van der Waals surface area contributed by atoms with Gasteiger partial charge in [-0.15, -0.1) is 25.6 Å². The summed E-state index contributed by atoms with van der Waals surface area (Å²) in [4.78, 5) is 11.8. The van der Waals surface area contributed by atoms with Crippen LogP contribution < -0.4 is 15.8 Å². The minimum atomic E-state index is -4.71. The van der Waals surface area contributed by atoms with E-state index in [0.29, 0.717) is 24.3 Å². The summed E-state index contributed by atoms with van der Waals surface area (Å²) in [5.41, 5.74) is 6.53. The van der Waals surface area contributed by atoms with Gasteiger partial charge < -0.3 is 20.2 Å². The van der Waals surface area contributed by atoms with Crippen molar-refractivity contribution in [2.75, 3.05) is 6.54 Å². The molecule has 1 amide bonds. The van der Waals surface area contributed by atoms with Crippen molar-refractivity contribution in [3.05, 3.63) is 53.5 Å². The van der Waals surface area contributed by atoms with Crippen molar-refractivity contribution in [3.8, 4) is 5.75 Å². The van der Waals surface area contributed by atoms with Gasteiger partial charge in [-0.1, -0.05) is 12.1 Å². The van der Waals surface area contributed by atoms with E-state index in [-0.39, 0.29) is 30.6 Å². The minimum Gasteiger partial charge on any atom is -0.467 e. The van der Waals surface area contributed by atoms with Crippen LogP contribution in [0.3, 0.4) is 0 Å². The van der Waals surface area contributed by atoms with Gasteiger partial charge in [-0.25, -0.2) is 0 Å². The van der Waals surface area contributed by atoms with Crippen molar-refractivity contribution >= 4 is 18.3 Å². The zero-order valence-electron chi connectivity index (χ0n) is 12.4. The molecule has 132 valence electrons. The van der Waals surface area contributed by atoms with Crippen LogP contribution in [-0.4, -0.2) is 18.8 Å². The predicted molar refractivity (Wildman–Crippen MR) is 83.0 cm³/mol. The second-order valence-electron chi connectivity index (χ2n) is 4.70. The van der Waals surface area contributed by atoms with Gasteiger partial charge in [0.1, 0.15) is 17.8 Å². The lowest BCUT2D eigenvalue weighted by Gasteiger charge is -2.09. The summed E-state index contributed by atoms with van der Waals surface area (Å²) in [6, 6.07) is 7.04. The van der Waals surface area contributed by atoms with Gasteiger partial charge in [-0.3, -0.25) is 4.79 Å². The average Bonchev–Trinajstić information content (AvgIpc) is 2.96. The summed E-state index contributed by atoms with van der Waals surface area (Å²) < 4.78 is 45.0. The molecule has 0 saturated carbocycles. The maximum absolute atomic E-state index is 12.0. The van der Waals surface area contributed by atoms with Gasteiger partial charge in [0.25, 0.3) is 5.91 Å².